The van der Waals surface area contributed by atoms with E-state index >= 15 is 0 Å². The van der Waals surface area contributed by atoms with Gasteiger partial charge in [0.05, 0.1) is 10.6 Å². The fourth-order valence-corrected chi connectivity index (χ4v) is 4.06. The monoisotopic (exact) mass is 302 g/mol. The Morgan fingerprint density at radius 2 is 1.80 bits per heavy atom. The minimum atomic E-state index is -3.68. The number of aryl methyl sites for hydroxylation is 1. The van der Waals surface area contributed by atoms with Crippen molar-refractivity contribution in [3.05, 3.63) is 23.5 Å². The van der Waals surface area contributed by atoms with Gasteiger partial charge in [0.15, 0.2) is 0 Å². The van der Waals surface area contributed by atoms with Crippen LogP contribution in [-0.4, -0.2) is 25.3 Å². The first-order valence-electron chi connectivity index (χ1n) is 6.64. The summed E-state index contributed by atoms with van der Waals surface area (Å²) in [6, 6.07) is 2.19. The van der Waals surface area contributed by atoms with E-state index in [1.807, 2.05) is 27.7 Å². The summed E-state index contributed by atoms with van der Waals surface area (Å²) in [4.78, 5) is 0.0748. The molecule has 0 heterocycles. The topological polar surface area (TPSA) is 63.4 Å². The first-order chi connectivity index (χ1) is 9.07. The van der Waals surface area contributed by atoms with E-state index in [9.17, 15) is 12.8 Å². The van der Waals surface area contributed by atoms with Gasteiger partial charge in [-0.05, 0) is 44.4 Å². The third-order valence-corrected chi connectivity index (χ3v) is 5.19. The Morgan fingerprint density at radius 3 is 2.25 bits per heavy atom. The van der Waals surface area contributed by atoms with Gasteiger partial charge >= 0.3 is 0 Å². The number of anilines is 1. The van der Waals surface area contributed by atoms with Gasteiger partial charge in [-0.15, -0.1) is 0 Å². The smallest absolute Gasteiger partial charge is 0.243 e. The average Bonchev–Trinajstić information content (AvgIpc) is 2.29. The maximum atomic E-state index is 13.4. The number of hydrogen-bond acceptors (Lipinski definition) is 3. The van der Waals surface area contributed by atoms with E-state index in [0.717, 1.165) is 6.07 Å². The summed E-state index contributed by atoms with van der Waals surface area (Å²) in [6.45, 7) is 9.54. The molecule has 0 amide bonds. The Morgan fingerprint density at radius 1 is 1.25 bits per heavy atom. The lowest BCUT2D eigenvalue weighted by atomic mass is 10.2. The normalized spacial score (nSPS) is 12.7. The predicted octanol–water partition coefficient (Wildman–Crippen LogP) is 2.77. The minimum absolute atomic E-state index is 0.0748. The highest BCUT2D eigenvalue weighted by molar-refractivity contribution is 7.89. The van der Waals surface area contributed by atoms with Crippen LogP contribution in [0.3, 0.4) is 0 Å². The van der Waals surface area contributed by atoms with Crippen molar-refractivity contribution in [1.29, 1.82) is 0 Å². The van der Waals surface area contributed by atoms with Gasteiger partial charge in [-0.2, -0.15) is 4.31 Å². The Labute approximate surface area is 120 Å². The molecule has 1 aromatic rings. The van der Waals surface area contributed by atoms with E-state index in [-0.39, 0.29) is 22.5 Å². The second-order valence-electron chi connectivity index (χ2n) is 5.70. The lowest BCUT2D eigenvalue weighted by Gasteiger charge is -2.28. The van der Waals surface area contributed by atoms with Crippen LogP contribution in [-0.2, 0) is 10.0 Å². The second-order valence-corrected chi connectivity index (χ2v) is 7.56. The van der Waals surface area contributed by atoms with Crippen molar-refractivity contribution in [3.8, 4) is 0 Å². The number of rotatable bonds is 5. The molecule has 0 atom stereocenters. The van der Waals surface area contributed by atoms with Crippen molar-refractivity contribution >= 4 is 15.7 Å². The summed E-state index contributed by atoms with van der Waals surface area (Å²) in [5.41, 5.74) is 5.72. The third-order valence-electron chi connectivity index (χ3n) is 3.00. The number of nitrogens with zero attached hydrogens (tertiary/aromatic N) is 1. The highest BCUT2D eigenvalue weighted by Crippen LogP contribution is 2.26. The van der Waals surface area contributed by atoms with Gasteiger partial charge in [0.2, 0.25) is 10.0 Å². The molecule has 4 nitrogen and oxygen atoms in total. The Balaban J connectivity index is 3.37. The molecule has 0 aliphatic heterocycles. The van der Waals surface area contributed by atoms with Crippen LogP contribution in [0.1, 0.15) is 33.3 Å². The second kappa shape index (κ2) is 6.10. The average molecular weight is 302 g/mol. The number of halogens is 1. The molecule has 0 aliphatic rings. The van der Waals surface area contributed by atoms with Crippen LogP contribution in [0.25, 0.3) is 0 Å². The molecule has 1 rings (SSSR count). The van der Waals surface area contributed by atoms with Crippen molar-refractivity contribution in [1.82, 2.24) is 4.31 Å². The Hall–Kier alpha value is -1.14. The SMILES string of the molecule is Cc1cc(F)c(N)cc1S(=O)(=O)N(CC(C)C)C(C)C. The molecule has 0 unspecified atom stereocenters. The van der Waals surface area contributed by atoms with Crippen molar-refractivity contribution in [2.24, 2.45) is 5.92 Å². The van der Waals surface area contributed by atoms with Crippen LogP contribution < -0.4 is 5.73 Å². The Bertz CT molecular complexity index is 583. The van der Waals surface area contributed by atoms with Crippen molar-refractivity contribution < 1.29 is 12.8 Å². The number of nitrogens with two attached hydrogens (primary N) is 1. The van der Waals surface area contributed by atoms with E-state index in [1.165, 1.54) is 10.4 Å². The molecular weight excluding hydrogens is 279 g/mol. The molecule has 0 aliphatic carbocycles. The largest absolute Gasteiger partial charge is 0.396 e. The van der Waals surface area contributed by atoms with Crippen molar-refractivity contribution in [2.45, 2.75) is 45.6 Å². The summed E-state index contributed by atoms with van der Waals surface area (Å²) in [5.74, 6) is -0.397. The fraction of sp³-hybridized carbons (Fsp3) is 0.571. The maximum absolute atomic E-state index is 13.4. The van der Waals surface area contributed by atoms with Crippen LogP contribution in [0, 0.1) is 18.7 Å². The Kier molecular flexibility index (Phi) is 5.15. The molecule has 20 heavy (non-hydrogen) atoms. The quantitative estimate of drug-likeness (QED) is 0.851. The maximum Gasteiger partial charge on any atom is 0.243 e. The van der Waals surface area contributed by atoms with Crippen LogP contribution in [0.5, 0.6) is 0 Å². The number of benzene rings is 1. The lowest BCUT2D eigenvalue weighted by Crippen LogP contribution is -2.39. The minimum Gasteiger partial charge on any atom is -0.396 e. The summed E-state index contributed by atoms with van der Waals surface area (Å²) >= 11 is 0. The number of hydrogen-bond donors (Lipinski definition) is 1. The van der Waals surface area contributed by atoms with Gasteiger partial charge in [0.25, 0.3) is 0 Å². The molecule has 0 aromatic heterocycles. The molecule has 0 saturated carbocycles. The molecule has 0 bridgehead atoms. The molecule has 0 spiro atoms. The molecule has 1 aromatic carbocycles. The van der Waals surface area contributed by atoms with Gasteiger partial charge in [-0.25, -0.2) is 12.8 Å². The first-order valence-corrected chi connectivity index (χ1v) is 8.08. The lowest BCUT2D eigenvalue weighted by molar-refractivity contribution is 0.318. The highest BCUT2D eigenvalue weighted by atomic mass is 32.2. The molecule has 2 N–H and O–H groups in total. The van der Waals surface area contributed by atoms with Gasteiger partial charge < -0.3 is 5.73 Å². The summed E-state index contributed by atoms with van der Waals surface area (Å²) < 4.78 is 40.3. The summed E-state index contributed by atoms with van der Waals surface area (Å²) in [5, 5.41) is 0. The standard InChI is InChI=1S/C14H23FN2O2S/c1-9(2)8-17(10(3)4)20(18,19)14-7-13(16)12(15)6-11(14)5/h6-7,9-10H,8,16H2,1-5H3. The zero-order valence-corrected chi connectivity index (χ0v) is 13.5. The van der Waals surface area contributed by atoms with E-state index in [1.54, 1.807) is 6.92 Å². The van der Waals surface area contributed by atoms with Crippen molar-refractivity contribution in [3.63, 3.8) is 0 Å². The molecule has 6 heteroatoms. The molecule has 114 valence electrons. The van der Waals surface area contributed by atoms with Crippen LogP contribution in [0.4, 0.5) is 10.1 Å². The number of sulfonamides is 1. The number of nitrogen functional groups attached to an aromatic ring is 1. The van der Waals surface area contributed by atoms with Gasteiger partial charge in [0.1, 0.15) is 5.82 Å². The van der Waals surface area contributed by atoms with E-state index in [0.29, 0.717) is 12.1 Å². The van der Waals surface area contributed by atoms with Crippen LogP contribution >= 0.6 is 0 Å². The molecule has 0 fully saturated rings. The van der Waals surface area contributed by atoms with E-state index in [4.69, 9.17) is 5.73 Å². The van der Waals surface area contributed by atoms with Crippen molar-refractivity contribution in [2.75, 3.05) is 12.3 Å². The van der Waals surface area contributed by atoms with Crippen LogP contribution in [0.15, 0.2) is 17.0 Å². The first kappa shape index (κ1) is 16.9. The third kappa shape index (κ3) is 3.49. The predicted molar refractivity (Wildman–Crippen MR) is 79.4 cm³/mol. The summed E-state index contributed by atoms with van der Waals surface area (Å²) in [7, 11) is -3.68. The van der Waals surface area contributed by atoms with Crippen LogP contribution in [0.2, 0.25) is 0 Å². The van der Waals surface area contributed by atoms with E-state index < -0.39 is 15.8 Å². The zero-order chi connectivity index (χ0) is 15.7. The van der Waals surface area contributed by atoms with Gasteiger partial charge in [-0.3, -0.25) is 0 Å². The zero-order valence-electron chi connectivity index (χ0n) is 12.6. The van der Waals surface area contributed by atoms with Gasteiger partial charge in [0, 0.05) is 12.6 Å². The molecular formula is C14H23FN2O2S. The van der Waals surface area contributed by atoms with Gasteiger partial charge in [-0.1, -0.05) is 13.8 Å². The fourth-order valence-electron chi connectivity index (χ4n) is 2.02. The molecule has 0 radical (unpaired) electrons. The summed E-state index contributed by atoms with van der Waals surface area (Å²) in [6.07, 6.45) is 0. The molecule has 0 saturated heterocycles. The van der Waals surface area contributed by atoms with E-state index in [2.05, 4.69) is 0 Å². The highest BCUT2D eigenvalue weighted by Gasteiger charge is 2.29.